The lowest BCUT2D eigenvalue weighted by atomic mass is 10.2. The first kappa shape index (κ1) is 88.5. The van der Waals surface area contributed by atoms with Gasteiger partial charge >= 0.3 is 42.1 Å². The van der Waals surface area contributed by atoms with E-state index in [1.54, 1.807) is 85.5 Å². The van der Waals surface area contributed by atoms with Crippen molar-refractivity contribution in [3.05, 3.63) is 93.3 Å². The number of nitrogen functional groups attached to an aromatic ring is 4. The molecule has 5 aliphatic rings. The molecule has 5 saturated heterocycles. The maximum atomic E-state index is 16.5. The summed E-state index contributed by atoms with van der Waals surface area (Å²) in [7, 11) is -4.84. The number of ether oxygens (including phenoxy) is 5. The maximum Gasteiger partial charge on any atom is 0.351 e. The van der Waals surface area contributed by atoms with Gasteiger partial charge < -0.3 is 69.2 Å². The van der Waals surface area contributed by atoms with E-state index in [4.69, 9.17) is 69.2 Å². The van der Waals surface area contributed by atoms with Crippen molar-refractivity contribution in [2.75, 3.05) is 192 Å². The molecule has 0 radical (unpaired) electrons. The molecule has 118 heavy (non-hydrogen) atoms. The number of nitrogens with one attached hydrogen (secondary N) is 1. The van der Waals surface area contributed by atoms with Crippen LogP contribution in [0, 0.1) is 6.92 Å². The molecule has 13 rings (SSSR count). The molecule has 5 unspecified atom stereocenters. The normalized spacial score (nSPS) is 26.0. The second-order valence-corrected chi connectivity index (χ2v) is 44.3. The molecule has 0 spiro atoms. The minimum Gasteiger partial charge on any atom is -0.383 e. The number of anilines is 4. The summed E-state index contributed by atoms with van der Waals surface area (Å²) in [4.78, 5) is 88.0. The van der Waals surface area contributed by atoms with Crippen LogP contribution in [0.2, 0.25) is 0 Å². The summed E-state index contributed by atoms with van der Waals surface area (Å²) >= 11 is 0. The van der Waals surface area contributed by atoms with E-state index in [1.807, 2.05) is 0 Å². The third kappa shape index (κ3) is 18.0. The number of morpholine rings is 5. The van der Waals surface area contributed by atoms with Crippen LogP contribution in [-0.4, -0.2) is 336 Å². The number of aryl methyl sites for hydroxylation is 1. The molecule has 0 amide bonds. The fraction of sp³-hybridized carbons (Fsp3) is 0.646. The highest BCUT2D eigenvalue weighted by Crippen LogP contribution is 2.61. The number of fused-ring (bicyclic) bond motifs is 3. The van der Waals surface area contributed by atoms with Crippen molar-refractivity contribution < 1.29 is 69.1 Å². The summed E-state index contributed by atoms with van der Waals surface area (Å²) in [5.74, 6) is 0.301. The Morgan fingerprint density at radius 2 is 0.771 bits per heavy atom. The Hall–Kier alpha value is -7.24. The first-order valence-corrected chi connectivity index (χ1v) is 45.7. The van der Waals surface area contributed by atoms with Crippen molar-refractivity contribution in [3.63, 3.8) is 0 Å². The Morgan fingerprint density at radius 3 is 1.10 bits per heavy atom. The van der Waals surface area contributed by atoms with Gasteiger partial charge in [0.05, 0.1) is 109 Å². The fourth-order valence-corrected chi connectivity index (χ4v) is 24.5. The van der Waals surface area contributed by atoms with Crippen LogP contribution in [0.3, 0.4) is 0 Å². The van der Waals surface area contributed by atoms with Crippen molar-refractivity contribution in [3.8, 4) is 0 Å². The summed E-state index contributed by atoms with van der Waals surface area (Å²) in [5.41, 5.74) is 24.3. The predicted molar refractivity (Wildman–Crippen MR) is 432 cm³/mol. The molecule has 8 aromatic rings. The van der Waals surface area contributed by atoms with Crippen molar-refractivity contribution >= 4 is 95.0 Å². The van der Waals surface area contributed by atoms with Gasteiger partial charge in [-0.2, -0.15) is 4.98 Å². The predicted octanol–water partition coefficient (Wildman–Crippen LogP) is 2.28. The van der Waals surface area contributed by atoms with Crippen LogP contribution < -0.4 is 39.9 Å². The van der Waals surface area contributed by atoms with Crippen LogP contribution in [0.4, 0.5) is 23.3 Å². The molecule has 648 valence electrons. The zero-order valence-corrected chi connectivity index (χ0v) is 72.8. The van der Waals surface area contributed by atoms with E-state index >= 15 is 18.3 Å². The third-order valence-corrected chi connectivity index (χ3v) is 34.1. The SMILES string of the molecule is Cc1cn([C@H]2CN(P(=O)(OC[C@@H]3CN(P(=O)(OC[C@@H]4CN(P(=O)(OC[C@@H]5CN(P(=O)(OC[C@@H]6CN(C(C)C)C[C@H](n7cnc8c(N)ncnc87)O6)N(C)C)C[C@H](n6cnc7c(N)ncnc76)O5)N(C)C)C[C@H](n5cnc6c(N)ncnc65)O4)N(C)C)C[C@H](n4ccc(N)nc4=O)O3)N(C)C)C[C@@H](COP(=O)(C(C)C)N(C)C)O2)c(=O)[nH]c1=O. The number of imidazole rings is 3. The van der Waals surface area contributed by atoms with E-state index in [2.05, 4.69) is 73.6 Å². The molecule has 53 heteroatoms. The molecular weight excluding hydrogens is 1640 g/mol. The number of hydrogen-bond donors (Lipinski definition) is 5. The zero-order chi connectivity index (χ0) is 85.0. The Bertz CT molecular complexity index is 5350. The third-order valence-electron chi connectivity index (χ3n) is 21.0. The zero-order valence-electron chi connectivity index (χ0n) is 68.3. The highest BCUT2D eigenvalue weighted by molar-refractivity contribution is 7.57. The quantitative estimate of drug-likeness (QED) is 0.0389. The van der Waals surface area contributed by atoms with Crippen LogP contribution >= 0.6 is 38.2 Å². The highest BCUT2D eigenvalue weighted by Gasteiger charge is 2.51. The summed E-state index contributed by atoms with van der Waals surface area (Å²) < 4.78 is 166. The number of nitrogens with two attached hydrogens (primary N) is 4. The molecule has 0 saturated carbocycles. The first-order chi connectivity index (χ1) is 55.8. The Balaban J connectivity index is 0.777. The van der Waals surface area contributed by atoms with E-state index in [9.17, 15) is 18.9 Å². The summed E-state index contributed by atoms with van der Waals surface area (Å²) in [6, 6.07) is 1.45. The standard InChI is InChI=1S/C65H105N30O18P5/c1-40(2)86-19-43(109-49(24-86)93-37-76-54-57(67)70-34-73-60(54)93)30-105-117(102,84(12)13)89-22-46(112-52(27-89)94-38-77-55-58(68)71-35-74-61(55)94)33-108-118(103,85(14)15)90-23-47(113-53(28-90)95-39-78-56-59(69)72-36-75-62(56)95)32-107-115(100,82(8)9)87-21-45(110-50(25-87)91-17-16-48(66)79-64(91)97)31-106-116(101,83(10)11)88-20-44(29-104-114(99,41(3)4)81(6)7)111-51(26-88)92-18-42(5)63(96)80-65(92)98/h16-18,34-41,43-47,49-53H,19-33H2,1-15H3,(H2,66,79,97)(H2,67,70,73)(H2,68,71,74)(H2,69,72,75)(H,80,96,98)/t43-,44-,45-,46-,47-,49+,50+,51+,52+,53+,114?,115?,116?,117?,118?/m0/s1. The van der Waals surface area contributed by atoms with Crippen LogP contribution in [0.5, 0.6) is 0 Å². The van der Waals surface area contributed by atoms with Crippen molar-refractivity contribution in [1.29, 1.82) is 0 Å². The molecule has 13 heterocycles. The molecule has 8 aromatic heterocycles. The average Bonchev–Trinajstić information content (AvgIpc) is 1.43. The fourth-order valence-electron chi connectivity index (χ4n) is 14.6. The number of rotatable bonds is 31. The monoisotopic (exact) mass is 1750 g/mol. The number of nitrogens with zero attached hydrogens (tertiary/aromatic N) is 25. The van der Waals surface area contributed by atoms with E-state index in [1.165, 1.54) is 118 Å². The van der Waals surface area contributed by atoms with Gasteiger partial charge in [0, 0.05) is 68.9 Å². The molecule has 0 bridgehead atoms. The molecule has 5 fully saturated rings. The topological polar surface area (TPSA) is 535 Å². The molecule has 48 nitrogen and oxygen atoms in total. The van der Waals surface area contributed by atoms with Gasteiger partial charge in [0.25, 0.3) is 13.1 Å². The van der Waals surface area contributed by atoms with E-state index < -0.39 is 142 Å². The van der Waals surface area contributed by atoms with Gasteiger partial charge in [-0.05, 0) is 97.3 Å². The number of aromatic amines is 1. The largest absolute Gasteiger partial charge is 0.383 e. The lowest BCUT2D eigenvalue weighted by Crippen LogP contribution is -2.51. The Labute approximate surface area is 679 Å². The lowest BCUT2D eigenvalue weighted by Gasteiger charge is -2.46. The molecule has 0 aliphatic carbocycles. The van der Waals surface area contributed by atoms with Crippen LogP contribution in [0.1, 0.15) is 64.4 Å². The highest BCUT2D eigenvalue weighted by atomic mass is 31.2. The minimum atomic E-state index is -4.41. The van der Waals surface area contributed by atoms with Crippen molar-refractivity contribution in [2.45, 2.75) is 108 Å². The van der Waals surface area contributed by atoms with Crippen LogP contribution in [-0.2, 0) is 69.1 Å². The molecular formula is C65H105N30O18P5. The number of aromatic nitrogens is 16. The van der Waals surface area contributed by atoms with Gasteiger partial charge in [0.1, 0.15) is 60.0 Å². The molecule has 9 N–H and O–H groups in total. The van der Waals surface area contributed by atoms with E-state index in [0.29, 0.717) is 29.9 Å². The van der Waals surface area contributed by atoms with Gasteiger partial charge in [-0.15, -0.1) is 0 Å². The lowest BCUT2D eigenvalue weighted by molar-refractivity contribution is -0.140. The maximum absolute atomic E-state index is 16.5. The van der Waals surface area contributed by atoms with Gasteiger partial charge in [0.15, 0.2) is 46.9 Å². The number of H-pyrrole nitrogens is 1. The number of hydrogen-bond acceptors (Lipinski definition) is 33. The summed E-state index contributed by atoms with van der Waals surface area (Å²) in [5, 5.41) is 0. The van der Waals surface area contributed by atoms with Crippen LogP contribution in [0.25, 0.3) is 33.5 Å². The minimum absolute atomic E-state index is 0.0604. The molecule has 0 aromatic carbocycles. The van der Waals surface area contributed by atoms with Crippen molar-refractivity contribution in [2.24, 2.45) is 0 Å². The van der Waals surface area contributed by atoms with Gasteiger partial charge in [0.2, 0.25) is 0 Å². The average molecular weight is 1750 g/mol. The second kappa shape index (κ2) is 35.7. The Morgan fingerprint density at radius 1 is 0.441 bits per heavy atom. The molecule has 5 aliphatic heterocycles. The van der Waals surface area contributed by atoms with Crippen LogP contribution in [0.15, 0.2) is 70.8 Å². The van der Waals surface area contributed by atoms with Crippen molar-refractivity contribution in [1.82, 2.24) is 125 Å². The first-order valence-electron chi connectivity index (χ1n) is 37.9. The molecule has 15 atom stereocenters. The van der Waals surface area contributed by atoms with E-state index in [0.717, 1.165) is 9.13 Å². The summed E-state index contributed by atoms with van der Waals surface area (Å²) in [6.45, 7) is 6.73. The smallest absolute Gasteiger partial charge is 0.351 e. The Kier molecular flexibility index (Phi) is 26.8. The van der Waals surface area contributed by atoms with E-state index in [-0.39, 0.29) is 117 Å². The van der Waals surface area contributed by atoms with Gasteiger partial charge in [-0.25, -0.2) is 96.5 Å². The van der Waals surface area contributed by atoms with Gasteiger partial charge in [-0.3, -0.25) is 60.3 Å². The summed E-state index contributed by atoms with van der Waals surface area (Å²) in [6.07, 6.45) is 0.964. The van der Waals surface area contributed by atoms with Gasteiger partial charge in [-0.1, -0.05) is 13.8 Å². The second-order valence-electron chi connectivity index (χ2n) is 30.7.